The zero-order valence-corrected chi connectivity index (χ0v) is 22.5. The first-order chi connectivity index (χ1) is 14.5. The second-order valence-corrected chi connectivity index (χ2v) is 13.3. The maximum atomic E-state index is 12.6. The van der Waals surface area contributed by atoms with E-state index in [9.17, 15) is 8.42 Å². The van der Waals surface area contributed by atoms with E-state index in [1.165, 1.54) is 83.5 Å². The number of fused-ring (bicyclic) bond motifs is 1. The molecule has 3 nitrogen and oxygen atoms in total. The molecule has 6 heteroatoms. The Morgan fingerprint density at radius 3 is 1.97 bits per heavy atom. The molecule has 2 rings (SSSR count). The molecule has 0 saturated heterocycles. The molecule has 0 spiro atoms. The minimum Gasteiger partial charge on any atom is -0.256 e. The molecule has 0 aromatic carbocycles. The van der Waals surface area contributed by atoms with Crippen LogP contribution in [0.25, 0.3) is 0 Å². The summed E-state index contributed by atoms with van der Waals surface area (Å²) in [5.41, 5.74) is 0.618. The van der Waals surface area contributed by atoms with Gasteiger partial charge in [0.15, 0.2) is 9.84 Å². The van der Waals surface area contributed by atoms with Crippen molar-refractivity contribution in [2.45, 2.75) is 118 Å². The van der Waals surface area contributed by atoms with Crippen LogP contribution >= 0.6 is 31.9 Å². The highest BCUT2D eigenvalue weighted by atomic mass is 79.9. The number of halogens is 2. The fraction of sp³-hybridized carbons (Fsp3) is 0.792. The molecule has 172 valence electrons. The summed E-state index contributed by atoms with van der Waals surface area (Å²) in [5.74, 6) is 0. The SMILES string of the molecule is CCCCCCCCCCCCCCCC(Br)CC(Br)C1C=C2N=CC=C2S1(=O)=O. The average Bonchev–Trinajstić information content (AvgIpc) is 3.27. The molecule has 3 atom stereocenters. The molecule has 2 heterocycles. The highest BCUT2D eigenvalue weighted by Gasteiger charge is 2.42. The van der Waals surface area contributed by atoms with Gasteiger partial charge in [-0.25, -0.2) is 8.42 Å². The molecule has 2 aliphatic rings. The van der Waals surface area contributed by atoms with Crippen molar-refractivity contribution < 1.29 is 8.42 Å². The number of nitrogens with zero attached hydrogens (tertiary/aromatic N) is 1. The largest absolute Gasteiger partial charge is 0.256 e. The number of allylic oxidation sites excluding steroid dienone is 1. The standard InChI is InChI=1S/C24H39Br2NO2S/c1-2-3-4-5-6-7-8-9-10-11-12-13-14-15-20(25)18-21(26)24-19-22-23(16-17-27-22)30(24,28)29/h16-17,19-21,24H,2-15,18H2,1H3. The number of aliphatic imine (C=N–C) groups is 1. The van der Waals surface area contributed by atoms with E-state index in [1.807, 2.05) is 0 Å². The molecule has 0 aromatic heterocycles. The lowest BCUT2D eigenvalue weighted by molar-refractivity contribution is 0.531. The lowest BCUT2D eigenvalue weighted by atomic mass is 10.0. The van der Waals surface area contributed by atoms with Gasteiger partial charge in [0.05, 0.1) is 15.9 Å². The third kappa shape index (κ3) is 8.54. The van der Waals surface area contributed by atoms with Crippen molar-refractivity contribution in [1.29, 1.82) is 0 Å². The molecule has 0 bridgehead atoms. The minimum atomic E-state index is -3.28. The fourth-order valence-corrected chi connectivity index (χ4v) is 8.72. The van der Waals surface area contributed by atoms with Crippen LogP contribution in [0.4, 0.5) is 0 Å². The quantitative estimate of drug-likeness (QED) is 0.132. The van der Waals surface area contributed by atoms with E-state index >= 15 is 0 Å². The summed E-state index contributed by atoms with van der Waals surface area (Å²) in [6, 6.07) is 0. The molecule has 0 amide bonds. The molecular weight excluding hydrogens is 526 g/mol. The van der Waals surface area contributed by atoms with Gasteiger partial charge in [-0.15, -0.1) is 0 Å². The third-order valence-corrected chi connectivity index (χ3v) is 10.4. The molecule has 0 aliphatic carbocycles. The Balaban J connectivity index is 1.47. The summed E-state index contributed by atoms with van der Waals surface area (Å²) in [6.07, 6.45) is 24.6. The van der Waals surface area contributed by atoms with Gasteiger partial charge in [-0.1, -0.05) is 122 Å². The van der Waals surface area contributed by atoms with Crippen LogP contribution in [0.15, 0.2) is 27.7 Å². The lowest BCUT2D eigenvalue weighted by Gasteiger charge is -2.19. The van der Waals surface area contributed by atoms with Crippen molar-refractivity contribution in [2.75, 3.05) is 0 Å². The second-order valence-electron chi connectivity index (χ2n) is 8.75. The second kappa shape index (κ2) is 14.3. The first-order valence-corrected chi connectivity index (χ1v) is 15.3. The predicted molar refractivity (Wildman–Crippen MR) is 138 cm³/mol. The van der Waals surface area contributed by atoms with Crippen LogP contribution < -0.4 is 0 Å². The van der Waals surface area contributed by atoms with E-state index in [4.69, 9.17) is 0 Å². The highest BCUT2D eigenvalue weighted by Crippen LogP contribution is 2.38. The van der Waals surface area contributed by atoms with Crippen LogP contribution in [0.5, 0.6) is 0 Å². The van der Waals surface area contributed by atoms with E-state index in [0.717, 1.165) is 12.8 Å². The number of rotatable bonds is 17. The summed E-state index contributed by atoms with van der Waals surface area (Å²) in [6.45, 7) is 2.27. The highest BCUT2D eigenvalue weighted by molar-refractivity contribution is 9.10. The molecule has 0 aromatic rings. The topological polar surface area (TPSA) is 46.5 Å². The Bertz CT molecular complexity index is 700. The van der Waals surface area contributed by atoms with Gasteiger partial charge < -0.3 is 0 Å². The molecule has 3 unspecified atom stereocenters. The van der Waals surface area contributed by atoms with Gasteiger partial charge in [0.1, 0.15) is 0 Å². The minimum absolute atomic E-state index is 0.0805. The third-order valence-electron chi connectivity index (χ3n) is 6.14. The normalized spacial score (nSPS) is 21.4. The van der Waals surface area contributed by atoms with E-state index < -0.39 is 15.1 Å². The number of hydrogen-bond donors (Lipinski definition) is 0. The van der Waals surface area contributed by atoms with E-state index in [1.54, 1.807) is 18.4 Å². The van der Waals surface area contributed by atoms with Crippen LogP contribution in [0.2, 0.25) is 0 Å². The maximum absolute atomic E-state index is 12.6. The van der Waals surface area contributed by atoms with E-state index in [2.05, 4.69) is 43.8 Å². The number of alkyl halides is 2. The Morgan fingerprint density at radius 1 is 0.900 bits per heavy atom. The predicted octanol–water partition coefficient (Wildman–Crippen LogP) is 8.03. The zero-order valence-electron chi connectivity index (χ0n) is 18.5. The summed E-state index contributed by atoms with van der Waals surface area (Å²) >= 11 is 7.41. The Labute approximate surface area is 201 Å². The van der Waals surface area contributed by atoms with Crippen LogP contribution in [0.1, 0.15) is 103 Å². The number of sulfone groups is 1. The molecule has 0 saturated carbocycles. The average molecular weight is 565 g/mol. The smallest absolute Gasteiger partial charge is 0.188 e. The van der Waals surface area contributed by atoms with Gasteiger partial charge in [-0.2, -0.15) is 0 Å². The van der Waals surface area contributed by atoms with Crippen LogP contribution in [0.3, 0.4) is 0 Å². The zero-order chi connectivity index (χ0) is 21.8. The molecule has 0 radical (unpaired) electrons. The van der Waals surface area contributed by atoms with Crippen molar-refractivity contribution in [2.24, 2.45) is 4.99 Å². The molecule has 30 heavy (non-hydrogen) atoms. The van der Waals surface area contributed by atoms with Gasteiger partial charge in [0.2, 0.25) is 0 Å². The summed E-state index contributed by atoms with van der Waals surface area (Å²) in [4.78, 5) is 4.81. The van der Waals surface area contributed by atoms with Gasteiger partial charge in [-0.05, 0) is 25.0 Å². The Morgan fingerprint density at radius 2 is 1.43 bits per heavy atom. The lowest BCUT2D eigenvalue weighted by Crippen LogP contribution is -2.27. The first kappa shape index (κ1) is 26.3. The monoisotopic (exact) mass is 563 g/mol. The van der Waals surface area contributed by atoms with Gasteiger partial charge in [0, 0.05) is 15.9 Å². The van der Waals surface area contributed by atoms with Gasteiger partial charge in [0.25, 0.3) is 0 Å². The Kier molecular flexibility index (Phi) is 12.5. The molecule has 0 N–H and O–H groups in total. The molecular formula is C24H39Br2NO2S. The summed E-state index contributed by atoms with van der Waals surface area (Å²) in [7, 11) is -3.28. The van der Waals surface area contributed by atoms with Gasteiger partial charge in [-0.3, -0.25) is 4.99 Å². The van der Waals surface area contributed by atoms with Crippen molar-refractivity contribution >= 4 is 47.9 Å². The van der Waals surface area contributed by atoms with Crippen molar-refractivity contribution in [1.82, 2.24) is 0 Å². The van der Waals surface area contributed by atoms with E-state index in [-0.39, 0.29) is 4.83 Å². The summed E-state index contributed by atoms with van der Waals surface area (Å²) < 4.78 is 25.3. The van der Waals surface area contributed by atoms with Crippen LogP contribution in [-0.2, 0) is 9.84 Å². The van der Waals surface area contributed by atoms with Crippen molar-refractivity contribution in [3.8, 4) is 0 Å². The van der Waals surface area contributed by atoms with Crippen molar-refractivity contribution in [3.63, 3.8) is 0 Å². The number of unbranched alkanes of at least 4 members (excludes halogenated alkanes) is 12. The van der Waals surface area contributed by atoms with Crippen LogP contribution in [-0.4, -0.2) is 29.5 Å². The maximum Gasteiger partial charge on any atom is 0.188 e. The fourth-order valence-electron chi connectivity index (χ4n) is 4.27. The number of hydrogen-bond acceptors (Lipinski definition) is 3. The summed E-state index contributed by atoms with van der Waals surface area (Å²) in [5, 5.41) is -0.497. The van der Waals surface area contributed by atoms with Crippen LogP contribution in [0, 0.1) is 0 Å². The van der Waals surface area contributed by atoms with E-state index in [0.29, 0.717) is 15.4 Å². The molecule has 2 aliphatic heterocycles. The molecule has 0 fully saturated rings. The Hall–Kier alpha value is 0.0600. The van der Waals surface area contributed by atoms with Gasteiger partial charge >= 0.3 is 0 Å². The first-order valence-electron chi connectivity index (χ1n) is 12.0. The van der Waals surface area contributed by atoms with Crippen molar-refractivity contribution in [3.05, 3.63) is 22.8 Å².